The lowest BCUT2D eigenvalue weighted by atomic mass is 10.1. The van der Waals surface area contributed by atoms with E-state index in [1.165, 1.54) is 0 Å². The maximum Gasteiger partial charge on any atom is 0.213 e. The zero-order chi connectivity index (χ0) is 11.4. The first-order chi connectivity index (χ1) is 7.83. The van der Waals surface area contributed by atoms with Crippen LogP contribution in [0.3, 0.4) is 0 Å². The van der Waals surface area contributed by atoms with Crippen LogP contribution in [0, 0.1) is 0 Å². The summed E-state index contributed by atoms with van der Waals surface area (Å²) in [5.74, 6) is 0.625. The Balaban J connectivity index is 2.34. The summed E-state index contributed by atoms with van der Waals surface area (Å²) in [6.45, 7) is 0.569. The van der Waals surface area contributed by atoms with Gasteiger partial charge in [0, 0.05) is 18.8 Å². The fraction of sp³-hybridized carbons (Fsp3) is 0.154. The largest absolute Gasteiger partial charge is 0.481 e. The molecular formula is C13H14N2O. The molecule has 0 spiro atoms. The predicted octanol–water partition coefficient (Wildman–Crippen LogP) is 2.22. The van der Waals surface area contributed by atoms with Crippen LogP contribution in [0.15, 0.2) is 42.6 Å². The summed E-state index contributed by atoms with van der Waals surface area (Å²) < 4.78 is 5.09. The minimum atomic E-state index is 0.569. The van der Waals surface area contributed by atoms with E-state index in [0.29, 0.717) is 12.4 Å². The number of nitrogens with zero attached hydrogens (tertiary/aromatic N) is 1. The van der Waals surface area contributed by atoms with Gasteiger partial charge < -0.3 is 10.5 Å². The van der Waals surface area contributed by atoms with Crippen LogP contribution in [0.25, 0.3) is 11.1 Å². The van der Waals surface area contributed by atoms with Gasteiger partial charge in [-0.15, -0.1) is 0 Å². The smallest absolute Gasteiger partial charge is 0.213 e. The minimum absolute atomic E-state index is 0.569. The van der Waals surface area contributed by atoms with Crippen LogP contribution in [-0.4, -0.2) is 12.1 Å². The number of nitrogens with two attached hydrogens (primary N) is 1. The molecule has 0 aliphatic heterocycles. The maximum absolute atomic E-state index is 5.55. The zero-order valence-corrected chi connectivity index (χ0v) is 9.18. The van der Waals surface area contributed by atoms with Crippen molar-refractivity contribution in [3.05, 3.63) is 48.2 Å². The van der Waals surface area contributed by atoms with Gasteiger partial charge in [0.2, 0.25) is 5.88 Å². The number of benzene rings is 1. The molecule has 0 fully saturated rings. The Morgan fingerprint density at radius 2 is 1.88 bits per heavy atom. The Morgan fingerprint density at radius 3 is 2.50 bits per heavy atom. The van der Waals surface area contributed by atoms with Crippen LogP contribution in [0.1, 0.15) is 5.56 Å². The van der Waals surface area contributed by atoms with E-state index in [1.54, 1.807) is 13.3 Å². The predicted molar refractivity (Wildman–Crippen MR) is 64.1 cm³/mol. The number of ether oxygens (including phenoxy) is 1. The molecule has 0 amide bonds. The zero-order valence-electron chi connectivity index (χ0n) is 9.18. The van der Waals surface area contributed by atoms with E-state index < -0.39 is 0 Å². The fourth-order valence-electron chi connectivity index (χ4n) is 1.53. The SMILES string of the molecule is COc1cc(-c2ccc(CN)cc2)ccn1. The van der Waals surface area contributed by atoms with Gasteiger partial charge in [0.15, 0.2) is 0 Å². The molecule has 0 bridgehead atoms. The first-order valence-corrected chi connectivity index (χ1v) is 5.13. The highest BCUT2D eigenvalue weighted by molar-refractivity contribution is 5.64. The summed E-state index contributed by atoms with van der Waals surface area (Å²) >= 11 is 0. The van der Waals surface area contributed by atoms with Gasteiger partial charge in [-0.1, -0.05) is 24.3 Å². The molecule has 2 aromatic rings. The second-order valence-electron chi connectivity index (χ2n) is 3.49. The molecule has 0 atom stereocenters. The van der Waals surface area contributed by atoms with E-state index in [4.69, 9.17) is 10.5 Å². The van der Waals surface area contributed by atoms with Crippen LogP contribution in [0.2, 0.25) is 0 Å². The first-order valence-electron chi connectivity index (χ1n) is 5.13. The molecule has 0 radical (unpaired) electrons. The van der Waals surface area contributed by atoms with Gasteiger partial charge >= 0.3 is 0 Å². The average Bonchev–Trinajstić information content (AvgIpc) is 2.39. The lowest BCUT2D eigenvalue weighted by Crippen LogP contribution is -1.95. The third kappa shape index (κ3) is 2.20. The van der Waals surface area contributed by atoms with E-state index >= 15 is 0 Å². The lowest BCUT2D eigenvalue weighted by molar-refractivity contribution is 0.398. The van der Waals surface area contributed by atoms with Crippen molar-refractivity contribution in [3.63, 3.8) is 0 Å². The highest BCUT2D eigenvalue weighted by atomic mass is 16.5. The molecule has 1 aromatic heterocycles. The molecule has 2 rings (SSSR count). The summed E-state index contributed by atoms with van der Waals surface area (Å²) in [5.41, 5.74) is 8.91. The summed E-state index contributed by atoms with van der Waals surface area (Å²) in [4.78, 5) is 4.07. The van der Waals surface area contributed by atoms with Crippen LogP contribution >= 0.6 is 0 Å². The molecular weight excluding hydrogens is 200 g/mol. The summed E-state index contributed by atoms with van der Waals surface area (Å²) in [5, 5.41) is 0. The van der Waals surface area contributed by atoms with Crippen molar-refractivity contribution in [2.24, 2.45) is 5.73 Å². The Hall–Kier alpha value is -1.87. The molecule has 3 heteroatoms. The second-order valence-corrected chi connectivity index (χ2v) is 3.49. The maximum atomic E-state index is 5.55. The second kappa shape index (κ2) is 4.77. The highest BCUT2D eigenvalue weighted by Gasteiger charge is 2.00. The van der Waals surface area contributed by atoms with E-state index in [-0.39, 0.29) is 0 Å². The van der Waals surface area contributed by atoms with E-state index in [0.717, 1.165) is 16.7 Å². The van der Waals surface area contributed by atoms with Gasteiger partial charge in [0.05, 0.1) is 7.11 Å². The van der Waals surface area contributed by atoms with Crippen LogP contribution in [-0.2, 0) is 6.54 Å². The van der Waals surface area contributed by atoms with E-state index in [9.17, 15) is 0 Å². The van der Waals surface area contributed by atoms with Gasteiger partial charge in [-0.3, -0.25) is 0 Å². The molecule has 0 saturated carbocycles. The lowest BCUT2D eigenvalue weighted by Gasteiger charge is -2.04. The Bertz CT molecular complexity index is 466. The van der Waals surface area contributed by atoms with Crippen molar-refractivity contribution in [1.82, 2.24) is 4.98 Å². The normalized spacial score (nSPS) is 10.1. The highest BCUT2D eigenvalue weighted by Crippen LogP contribution is 2.22. The fourth-order valence-corrected chi connectivity index (χ4v) is 1.53. The molecule has 1 aromatic carbocycles. The quantitative estimate of drug-likeness (QED) is 0.852. The van der Waals surface area contributed by atoms with Crippen molar-refractivity contribution < 1.29 is 4.74 Å². The van der Waals surface area contributed by atoms with E-state index in [1.807, 2.05) is 24.3 Å². The summed E-state index contributed by atoms with van der Waals surface area (Å²) in [6.07, 6.45) is 1.74. The molecule has 82 valence electrons. The van der Waals surface area contributed by atoms with Gasteiger partial charge in [-0.05, 0) is 22.8 Å². The Morgan fingerprint density at radius 1 is 1.12 bits per heavy atom. The number of hydrogen-bond donors (Lipinski definition) is 1. The number of aromatic nitrogens is 1. The number of hydrogen-bond acceptors (Lipinski definition) is 3. The summed E-state index contributed by atoms with van der Waals surface area (Å²) in [6, 6.07) is 12.0. The van der Waals surface area contributed by atoms with Crippen molar-refractivity contribution in [2.75, 3.05) is 7.11 Å². The Labute approximate surface area is 94.9 Å². The van der Waals surface area contributed by atoms with Crippen molar-refractivity contribution >= 4 is 0 Å². The Kier molecular flexibility index (Phi) is 3.17. The molecule has 3 nitrogen and oxygen atoms in total. The van der Waals surface area contributed by atoms with Gasteiger partial charge in [0.25, 0.3) is 0 Å². The summed E-state index contributed by atoms with van der Waals surface area (Å²) in [7, 11) is 1.61. The molecule has 0 saturated heterocycles. The van der Waals surface area contributed by atoms with Gasteiger partial charge in [-0.2, -0.15) is 0 Å². The van der Waals surface area contributed by atoms with Crippen molar-refractivity contribution in [1.29, 1.82) is 0 Å². The van der Waals surface area contributed by atoms with Gasteiger partial charge in [-0.25, -0.2) is 4.98 Å². The molecule has 2 N–H and O–H groups in total. The molecule has 0 aliphatic rings. The van der Waals surface area contributed by atoms with Gasteiger partial charge in [0.1, 0.15) is 0 Å². The van der Waals surface area contributed by atoms with E-state index in [2.05, 4.69) is 17.1 Å². The third-order valence-corrected chi connectivity index (χ3v) is 2.47. The van der Waals surface area contributed by atoms with Crippen molar-refractivity contribution in [3.8, 4) is 17.0 Å². The van der Waals surface area contributed by atoms with Crippen LogP contribution in [0.5, 0.6) is 5.88 Å². The number of pyridine rings is 1. The monoisotopic (exact) mass is 214 g/mol. The first kappa shape index (κ1) is 10.6. The van der Waals surface area contributed by atoms with Crippen LogP contribution in [0.4, 0.5) is 0 Å². The average molecular weight is 214 g/mol. The topological polar surface area (TPSA) is 48.1 Å². The standard InChI is InChI=1S/C13H14N2O/c1-16-13-8-12(6-7-15-13)11-4-2-10(9-14)3-5-11/h2-8H,9,14H2,1H3. The molecule has 16 heavy (non-hydrogen) atoms. The number of methoxy groups -OCH3 is 1. The molecule has 0 unspecified atom stereocenters. The number of rotatable bonds is 3. The molecule has 0 aliphatic carbocycles. The van der Waals surface area contributed by atoms with Crippen molar-refractivity contribution in [2.45, 2.75) is 6.54 Å². The third-order valence-electron chi connectivity index (χ3n) is 2.47. The molecule has 1 heterocycles. The minimum Gasteiger partial charge on any atom is -0.481 e. The van der Waals surface area contributed by atoms with Crippen LogP contribution < -0.4 is 10.5 Å².